The van der Waals surface area contributed by atoms with Gasteiger partial charge in [0.15, 0.2) is 5.82 Å². The highest BCUT2D eigenvalue weighted by Gasteiger charge is 2.39. The minimum atomic E-state index is -0.0442. The van der Waals surface area contributed by atoms with Crippen LogP contribution in [0.1, 0.15) is 43.8 Å². The van der Waals surface area contributed by atoms with Gasteiger partial charge in [-0.25, -0.2) is 0 Å². The molecule has 2 fully saturated rings. The van der Waals surface area contributed by atoms with Gasteiger partial charge in [-0.15, -0.1) is 0 Å². The van der Waals surface area contributed by atoms with Gasteiger partial charge in [0.2, 0.25) is 5.89 Å². The largest absolute Gasteiger partial charge is 0.381 e. The van der Waals surface area contributed by atoms with Crippen LogP contribution in [0.15, 0.2) is 4.52 Å². The second kappa shape index (κ2) is 4.97. The number of nitrogens with two attached hydrogens (primary N) is 1. The minimum Gasteiger partial charge on any atom is -0.381 e. The molecule has 1 saturated carbocycles. The zero-order valence-corrected chi connectivity index (χ0v) is 10.7. The van der Waals surface area contributed by atoms with Crippen LogP contribution in [-0.4, -0.2) is 29.9 Å². The summed E-state index contributed by atoms with van der Waals surface area (Å²) in [5.74, 6) is 2.13. The first-order valence-electron chi connectivity index (χ1n) is 6.93. The molecule has 1 aromatic heterocycles. The number of hydrogen-bond donors (Lipinski definition) is 1. The predicted octanol–water partition coefficient (Wildman–Crippen LogP) is 1.42. The molecule has 0 bridgehead atoms. The Labute approximate surface area is 107 Å². The van der Waals surface area contributed by atoms with Crippen LogP contribution in [-0.2, 0) is 16.6 Å². The number of hydrogen-bond acceptors (Lipinski definition) is 5. The highest BCUT2D eigenvalue weighted by Crippen LogP contribution is 2.39. The number of aromatic nitrogens is 2. The molecule has 0 spiro atoms. The minimum absolute atomic E-state index is 0.0442. The van der Waals surface area contributed by atoms with Crippen molar-refractivity contribution in [3.63, 3.8) is 0 Å². The number of nitrogens with zero attached hydrogens (tertiary/aromatic N) is 2. The van der Waals surface area contributed by atoms with Crippen LogP contribution in [0.3, 0.4) is 0 Å². The fraction of sp³-hybridized carbons (Fsp3) is 0.846. The van der Waals surface area contributed by atoms with E-state index >= 15 is 0 Å². The monoisotopic (exact) mass is 251 g/mol. The van der Waals surface area contributed by atoms with Crippen LogP contribution in [0.4, 0.5) is 0 Å². The van der Waals surface area contributed by atoms with Crippen molar-refractivity contribution in [1.82, 2.24) is 10.1 Å². The van der Waals surface area contributed by atoms with Crippen molar-refractivity contribution in [3.8, 4) is 0 Å². The van der Waals surface area contributed by atoms with Crippen LogP contribution in [0, 0.1) is 5.92 Å². The molecular formula is C13H21N3O2. The van der Waals surface area contributed by atoms with Crippen molar-refractivity contribution in [3.05, 3.63) is 11.7 Å². The van der Waals surface area contributed by atoms with Gasteiger partial charge >= 0.3 is 0 Å². The molecule has 5 nitrogen and oxygen atoms in total. The Morgan fingerprint density at radius 1 is 1.33 bits per heavy atom. The van der Waals surface area contributed by atoms with E-state index < -0.39 is 0 Å². The van der Waals surface area contributed by atoms with Crippen molar-refractivity contribution < 1.29 is 9.26 Å². The Morgan fingerprint density at radius 3 is 2.83 bits per heavy atom. The molecule has 2 heterocycles. The maximum absolute atomic E-state index is 5.93. The lowest BCUT2D eigenvalue weighted by atomic mass is 9.86. The molecule has 5 heteroatoms. The maximum Gasteiger partial charge on any atom is 0.234 e. The van der Waals surface area contributed by atoms with Gasteiger partial charge in [0, 0.05) is 26.2 Å². The zero-order valence-electron chi connectivity index (χ0n) is 10.7. The fourth-order valence-corrected chi connectivity index (χ4v) is 3.11. The van der Waals surface area contributed by atoms with Gasteiger partial charge < -0.3 is 15.0 Å². The van der Waals surface area contributed by atoms with Gasteiger partial charge in [-0.2, -0.15) is 4.98 Å². The molecule has 0 radical (unpaired) electrons. The predicted molar refractivity (Wildman–Crippen MR) is 66.1 cm³/mol. The van der Waals surface area contributed by atoms with Gasteiger partial charge in [-0.05, 0) is 25.2 Å². The first kappa shape index (κ1) is 12.1. The number of rotatable bonds is 4. The SMILES string of the molecule is NCC1(c2nc(CC3CCOC3)no2)CCCC1. The summed E-state index contributed by atoms with van der Waals surface area (Å²) >= 11 is 0. The van der Waals surface area contributed by atoms with E-state index in [4.69, 9.17) is 15.0 Å². The molecule has 100 valence electrons. The molecule has 0 aromatic carbocycles. The molecule has 18 heavy (non-hydrogen) atoms. The van der Waals surface area contributed by atoms with E-state index in [0.717, 1.165) is 50.6 Å². The molecular weight excluding hydrogens is 230 g/mol. The maximum atomic E-state index is 5.93. The summed E-state index contributed by atoms with van der Waals surface area (Å²) in [6.45, 7) is 2.30. The summed E-state index contributed by atoms with van der Waals surface area (Å²) in [6.07, 6.45) is 6.56. The smallest absolute Gasteiger partial charge is 0.234 e. The van der Waals surface area contributed by atoms with Crippen LogP contribution in [0.2, 0.25) is 0 Å². The summed E-state index contributed by atoms with van der Waals surface area (Å²) in [5.41, 5.74) is 5.88. The second-order valence-electron chi connectivity index (χ2n) is 5.64. The third-order valence-corrected chi connectivity index (χ3v) is 4.37. The Balaban J connectivity index is 1.71. The lowest BCUT2D eigenvalue weighted by Crippen LogP contribution is -2.32. The molecule has 2 N–H and O–H groups in total. The van der Waals surface area contributed by atoms with Crippen LogP contribution in [0.5, 0.6) is 0 Å². The molecule has 2 aliphatic rings. The van der Waals surface area contributed by atoms with Crippen LogP contribution < -0.4 is 5.73 Å². The second-order valence-corrected chi connectivity index (χ2v) is 5.64. The molecule has 1 atom stereocenters. The van der Waals surface area contributed by atoms with E-state index in [9.17, 15) is 0 Å². The van der Waals surface area contributed by atoms with E-state index in [-0.39, 0.29) is 5.41 Å². The molecule has 1 saturated heterocycles. The molecule has 1 aromatic rings. The Hall–Kier alpha value is -0.940. The normalized spacial score (nSPS) is 26.8. The molecule has 0 amide bonds. The lowest BCUT2D eigenvalue weighted by molar-refractivity contribution is 0.185. The third-order valence-electron chi connectivity index (χ3n) is 4.37. The standard InChI is InChI=1S/C13H21N3O2/c14-9-13(4-1-2-5-13)12-15-11(16-18-12)7-10-3-6-17-8-10/h10H,1-9,14H2. The Morgan fingerprint density at radius 2 is 2.17 bits per heavy atom. The summed E-state index contributed by atoms with van der Waals surface area (Å²) in [6, 6.07) is 0. The molecule has 1 aliphatic heterocycles. The van der Waals surface area contributed by atoms with Crippen molar-refractivity contribution in [2.75, 3.05) is 19.8 Å². The van der Waals surface area contributed by atoms with E-state index in [1.807, 2.05) is 0 Å². The third kappa shape index (κ3) is 2.17. The quantitative estimate of drug-likeness (QED) is 0.876. The summed E-state index contributed by atoms with van der Waals surface area (Å²) in [5, 5.41) is 4.12. The molecule has 1 unspecified atom stereocenters. The van der Waals surface area contributed by atoms with Crippen LogP contribution >= 0.6 is 0 Å². The van der Waals surface area contributed by atoms with Gasteiger partial charge in [-0.3, -0.25) is 0 Å². The van der Waals surface area contributed by atoms with Crippen LogP contribution in [0.25, 0.3) is 0 Å². The Kier molecular flexibility index (Phi) is 3.35. The van der Waals surface area contributed by atoms with E-state index in [1.165, 1.54) is 12.8 Å². The van der Waals surface area contributed by atoms with Gasteiger partial charge in [0.25, 0.3) is 0 Å². The zero-order chi connectivity index (χ0) is 12.4. The Bertz CT molecular complexity index is 393. The van der Waals surface area contributed by atoms with E-state index in [0.29, 0.717) is 12.5 Å². The first-order valence-corrected chi connectivity index (χ1v) is 6.93. The van der Waals surface area contributed by atoms with E-state index in [2.05, 4.69) is 10.1 Å². The molecule has 1 aliphatic carbocycles. The highest BCUT2D eigenvalue weighted by atomic mass is 16.5. The topological polar surface area (TPSA) is 74.2 Å². The highest BCUT2D eigenvalue weighted by molar-refractivity contribution is 5.09. The average molecular weight is 251 g/mol. The number of ether oxygens (including phenoxy) is 1. The van der Waals surface area contributed by atoms with Crippen molar-refractivity contribution in [2.24, 2.45) is 11.7 Å². The summed E-state index contributed by atoms with van der Waals surface area (Å²) in [7, 11) is 0. The summed E-state index contributed by atoms with van der Waals surface area (Å²) < 4.78 is 10.8. The average Bonchev–Trinajstić information content (AvgIpc) is 3.10. The van der Waals surface area contributed by atoms with Gasteiger partial charge in [0.1, 0.15) is 0 Å². The van der Waals surface area contributed by atoms with Crippen molar-refractivity contribution in [2.45, 2.75) is 43.9 Å². The lowest BCUT2D eigenvalue weighted by Gasteiger charge is -2.21. The van der Waals surface area contributed by atoms with Gasteiger partial charge in [0.05, 0.1) is 5.41 Å². The van der Waals surface area contributed by atoms with Gasteiger partial charge in [-0.1, -0.05) is 18.0 Å². The first-order chi connectivity index (χ1) is 8.82. The summed E-state index contributed by atoms with van der Waals surface area (Å²) in [4.78, 5) is 4.59. The fourth-order valence-electron chi connectivity index (χ4n) is 3.11. The molecule has 3 rings (SSSR count). The van der Waals surface area contributed by atoms with Crippen molar-refractivity contribution >= 4 is 0 Å². The van der Waals surface area contributed by atoms with E-state index in [1.54, 1.807) is 0 Å². The van der Waals surface area contributed by atoms with Crippen molar-refractivity contribution in [1.29, 1.82) is 0 Å².